The van der Waals surface area contributed by atoms with E-state index in [0.717, 1.165) is 4.88 Å². The maximum absolute atomic E-state index is 13.0. The van der Waals surface area contributed by atoms with E-state index < -0.39 is 35.1 Å². The Morgan fingerprint density at radius 2 is 2.07 bits per heavy atom. The zero-order valence-electron chi connectivity index (χ0n) is 17.0. The SMILES string of the molecule is C=C(O)[C@@H](O)[C@@H](CC(C)C)C(=O)N[C@H](c1noc(-c2cccs2)n1)C(C)(C)C. The van der Waals surface area contributed by atoms with E-state index in [-0.39, 0.29) is 5.92 Å². The first-order chi connectivity index (χ1) is 13.0. The Bertz CT molecular complexity index is 793. The highest BCUT2D eigenvalue weighted by Gasteiger charge is 2.36. The topological polar surface area (TPSA) is 108 Å². The maximum atomic E-state index is 13.0. The standard InChI is InChI=1S/C20H29N3O4S/c1-11(2)10-13(15(25)12(3)24)18(26)21-16(20(4,5)6)17-22-19(27-23-17)14-8-7-9-28-14/h7-9,11,13,15-16,24-25H,3,10H2,1-2,4-6H3,(H,21,26)/t13-,15-,16-/m1/s1. The summed E-state index contributed by atoms with van der Waals surface area (Å²) >= 11 is 1.49. The highest BCUT2D eigenvalue weighted by Crippen LogP contribution is 2.34. The predicted octanol–water partition coefficient (Wildman–Crippen LogP) is 4.10. The molecule has 1 amide bonds. The number of nitrogens with one attached hydrogen (secondary N) is 1. The molecule has 7 nitrogen and oxygen atoms in total. The molecule has 2 aromatic rings. The van der Waals surface area contributed by atoms with Crippen molar-refractivity contribution in [1.82, 2.24) is 15.5 Å². The van der Waals surface area contributed by atoms with Gasteiger partial charge in [0, 0.05) is 0 Å². The van der Waals surface area contributed by atoms with Crippen LogP contribution in [0.15, 0.2) is 34.4 Å². The summed E-state index contributed by atoms with van der Waals surface area (Å²) in [4.78, 5) is 18.3. The first-order valence-electron chi connectivity index (χ1n) is 9.24. The largest absolute Gasteiger partial charge is 0.510 e. The summed E-state index contributed by atoms with van der Waals surface area (Å²) < 4.78 is 5.37. The molecule has 0 aliphatic heterocycles. The number of amides is 1. The minimum absolute atomic E-state index is 0.147. The molecule has 0 bridgehead atoms. The van der Waals surface area contributed by atoms with Crippen molar-refractivity contribution in [3.8, 4) is 10.8 Å². The van der Waals surface area contributed by atoms with Crippen molar-refractivity contribution in [1.29, 1.82) is 0 Å². The van der Waals surface area contributed by atoms with Gasteiger partial charge >= 0.3 is 0 Å². The lowest BCUT2D eigenvalue weighted by atomic mass is 9.84. The second-order valence-corrected chi connectivity index (χ2v) is 9.36. The van der Waals surface area contributed by atoms with Gasteiger partial charge in [-0.3, -0.25) is 4.79 Å². The van der Waals surface area contributed by atoms with Crippen molar-refractivity contribution in [3.63, 3.8) is 0 Å². The van der Waals surface area contributed by atoms with E-state index in [2.05, 4.69) is 22.0 Å². The Morgan fingerprint density at radius 3 is 2.57 bits per heavy atom. The number of aliphatic hydroxyl groups excluding tert-OH is 2. The first kappa shape index (κ1) is 22.1. The van der Waals surface area contributed by atoms with Gasteiger partial charge in [0.05, 0.1) is 16.8 Å². The van der Waals surface area contributed by atoms with Gasteiger partial charge in [-0.1, -0.05) is 52.4 Å². The average molecular weight is 408 g/mol. The zero-order chi connectivity index (χ0) is 21.1. The third-order valence-electron chi connectivity index (χ3n) is 4.37. The van der Waals surface area contributed by atoms with Crippen LogP contribution in [0.3, 0.4) is 0 Å². The van der Waals surface area contributed by atoms with E-state index in [9.17, 15) is 15.0 Å². The highest BCUT2D eigenvalue weighted by atomic mass is 32.1. The second-order valence-electron chi connectivity index (χ2n) is 8.41. The van der Waals surface area contributed by atoms with Gasteiger partial charge in [0.2, 0.25) is 5.91 Å². The number of hydrogen-bond acceptors (Lipinski definition) is 7. The molecule has 0 aliphatic carbocycles. The molecule has 0 fully saturated rings. The fourth-order valence-electron chi connectivity index (χ4n) is 2.89. The molecule has 0 spiro atoms. The van der Waals surface area contributed by atoms with Crippen molar-refractivity contribution >= 4 is 17.2 Å². The zero-order valence-corrected chi connectivity index (χ0v) is 17.8. The minimum atomic E-state index is -1.34. The predicted molar refractivity (Wildman–Crippen MR) is 109 cm³/mol. The van der Waals surface area contributed by atoms with Gasteiger partial charge in [-0.25, -0.2) is 0 Å². The average Bonchev–Trinajstić information content (AvgIpc) is 3.26. The number of nitrogens with zero attached hydrogens (tertiary/aromatic N) is 2. The molecule has 0 saturated heterocycles. The van der Waals surface area contributed by atoms with Gasteiger partial charge in [0.15, 0.2) is 5.82 Å². The molecule has 28 heavy (non-hydrogen) atoms. The van der Waals surface area contributed by atoms with Gasteiger partial charge in [-0.15, -0.1) is 11.3 Å². The highest BCUT2D eigenvalue weighted by molar-refractivity contribution is 7.13. The Kier molecular flexibility index (Phi) is 7.01. The Morgan fingerprint density at radius 1 is 1.39 bits per heavy atom. The van der Waals surface area contributed by atoms with Crippen LogP contribution in [0.5, 0.6) is 0 Å². The molecule has 3 N–H and O–H groups in total. The van der Waals surface area contributed by atoms with Crippen molar-refractivity contribution in [2.45, 2.75) is 53.2 Å². The normalized spacial score (nSPS) is 15.2. The van der Waals surface area contributed by atoms with Crippen molar-refractivity contribution < 1.29 is 19.5 Å². The lowest BCUT2D eigenvalue weighted by Crippen LogP contribution is -2.44. The molecule has 0 radical (unpaired) electrons. The summed E-state index contributed by atoms with van der Waals surface area (Å²) in [6.07, 6.45) is -0.939. The van der Waals surface area contributed by atoms with E-state index in [4.69, 9.17) is 4.52 Å². The van der Waals surface area contributed by atoms with Crippen LogP contribution in [0.2, 0.25) is 0 Å². The number of thiophene rings is 1. The van der Waals surface area contributed by atoms with Gasteiger partial charge in [-0.2, -0.15) is 4.98 Å². The molecule has 0 aliphatic rings. The van der Waals surface area contributed by atoms with Gasteiger partial charge in [0.1, 0.15) is 11.9 Å². The molecule has 0 saturated carbocycles. The molecule has 2 aromatic heterocycles. The van der Waals surface area contributed by atoms with Crippen LogP contribution in [0, 0.1) is 17.3 Å². The fraction of sp³-hybridized carbons (Fsp3) is 0.550. The molecule has 3 atom stereocenters. The van der Waals surface area contributed by atoms with Gasteiger partial charge < -0.3 is 20.1 Å². The fourth-order valence-corrected chi connectivity index (χ4v) is 3.53. The summed E-state index contributed by atoms with van der Waals surface area (Å²) in [5, 5.41) is 28.8. The van der Waals surface area contributed by atoms with Gasteiger partial charge in [0.25, 0.3) is 5.89 Å². The molecule has 8 heteroatoms. The number of aliphatic hydroxyl groups is 2. The van der Waals surface area contributed by atoms with Gasteiger partial charge in [-0.05, 0) is 29.2 Å². The summed E-state index contributed by atoms with van der Waals surface area (Å²) in [5.74, 6) is -0.730. The van der Waals surface area contributed by atoms with Crippen LogP contribution < -0.4 is 5.32 Å². The summed E-state index contributed by atoms with van der Waals surface area (Å²) in [6, 6.07) is 3.24. The van der Waals surface area contributed by atoms with Crippen LogP contribution >= 0.6 is 11.3 Å². The molecular formula is C20H29N3O4S. The monoisotopic (exact) mass is 407 g/mol. The number of aromatic nitrogens is 2. The Labute approximate surface area is 169 Å². The summed E-state index contributed by atoms with van der Waals surface area (Å²) in [6.45, 7) is 13.1. The molecular weight excluding hydrogens is 378 g/mol. The van der Waals surface area contributed by atoms with E-state index in [1.807, 2.05) is 52.1 Å². The lowest BCUT2D eigenvalue weighted by Gasteiger charge is -2.31. The van der Waals surface area contributed by atoms with E-state index >= 15 is 0 Å². The molecule has 0 aromatic carbocycles. The van der Waals surface area contributed by atoms with Crippen LogP contribution in [-0.2, 0) is 4.79 Å². The van der Waals surface area contributed by atoms with Crippen LogP contribution in [0.1, 0.15) is 52.9 Å². The maximum Gasteiger partial charge on any atom is 0.268 e. The van der Waals surface area contributed by atoms with Crippen LogP contribution in [0.25, 0.3) is 10.8 Å². The minimum Gasteiger partial charge on any atom is -0.510 e. The number of rotatable bonds is 8. The second kappa shape index (κ2) is 8.87. The molecule has 2 heterocycles. The van der Waals surface area contributed by atoms with E-state index in [1.54, 1.807) is 0 Å². The summed E-state index contributed by atoms with van der Waals surface area (Å²) in [7, 11) is 0. The Hall–Kier alpha value is -2.19. The van der Waals surface area contributed by atoms with E-state index in [1.165, 1.54) is 11.3 Å². The molecule has 2 rings (SSSR count). The van der Waals surface area contributed by atoms with Crippen LogP contribution in [0.4, 0.5) is 0 Å². The third kappa shape index (κ3) is 5.42. The lowest BCUT2D eigenvalue weighted by molar-refractivity contribution is -0.130. The number of carbonyl (C=O) groups is 1. The smallest absolute Gasteiger partial charge is 0.268 e. The molecule has 0 unspecified atom stereocenters. The summed E-state index contributed by atoms with van der Waals surface area (Å²) in [5.41, 5.74) is -0.407. The van der Waals surface area contributed by atoms with Crippen molar-refractivity contribution in [3.05, 3.63) is 35.7 Å². The number of carbonyl (C=O) groups excluding carboxylic acids is 1. The molecule has 154 valence electrons. The third-order valence-corrected chi connectivity index (χ3v) is 5.23. The number of hydrogen-bond donors (Lipinski definition) is 3. The Balaban J connectivity index is 2.28. The van der Waals surface area contributed by atoms with E-state index in [0.29, 0.717) is 18.1 Å². The van der Waals surface area contributed by atoms with Crippen molar-refractivity contribution in [2.24, 2.45) is 17.3 Å². The van der Waals surface area contributed by atoms with Crippen molar-refractivity contribution in [2.75, 3.05) is 0 Å². The quantitative estimate of drug-likeness (QED) is 0.569. The first-order valence-corrected chi connectivity index (χ1v) is 10.1. The van der Waals surface area contributed by atoms with Crippen LogP contribution in [-0.4, -0.2) is 32.4 Å².